The molecule has 0 radical (unpaired) electrons. The van der Waals surface area contributed by atoms with Crippen molar-refractivity contribution in [3.63, 3.8) is 0 Å². The first-order chi connectivity index (χ1) is 12.0. The van der Waals surface area contributed by atoms with Crippen LogP contribution in [0.5, 0.6) is 11.5 Å². The largest absolute Gasteiger partial charge is 0.454 e. The average molecular weight is 349 g/mol. The average Bonchev–Trinajstić information content (AvgIpc) is 3.08. The molecular formula is C18H19F2N2O3+. The maximum absolute atomic E-state index is 13.3. The molecule has 5 nitrogen and oxygen atoms in total. The number of nitrogens with one attached hydrogen (secondary N) is 1. The highest BCUT2D eigenvalue weighted by atomic mass is 19.2. The first kappa shape index (κ1) is 17.2. The van der Waals surface area contributed by atoms with E-state index in [1.807, 2.05) is 19.1 Å². The second-order valence-electron chi connectivity index (χ2n) is 5.87. The number of nitrogens with two attached hydrogens (primary N) is 1. The van der Waals surface area contributed by atoms with Crippen molar-refractivity contribution in [1.82, 2.24) is 5.32 Å². The quantitative estimate of drug-likeness (QED) is 0.833. The van der Waals surface area contributed by atoms with E-state index in [4.69, 9.17) is 9.47 Å². The molecule has 0 fully saturated rings. The minimum atomic E-state index is -0.884. The van der Waals surface area contributed by atoms with Crippen molar-refractivity contribution >= 4 is 5.91 Å². The Bertz CT molecular complexity index is 783. The summed E-state index contributed by atoms with van der Waals surface area (Å²) in [5, 5.41) is 4.58. The molecular weight excluding hydrogens is 330 g/mol. The molecule has 0 aromatic heterocycles. The third kappa shape index (κ3) is 4.24. The molecule has 1 aliphatic heterocycles. The molecule has 0 spiro atoms. The minimum absolute atomic E-state index is 0.146. The Morgan fingerprint density at radius 3 is 2.76 bits per heavy atom. The van der Waals surface area contributed by atoms with Crippen LogP contribution >= 0.6 is 0 Å². The van der Waals surface area contributed by atoms with Crippen molar-refractivity contribution in [2.24, 2.45) is 0 Å². The summed E-state index contributed by atoms with van der Waals surface area (Å²) in [5.41, 5.74) is 1.54. The van der Waals surface area contributed by atoms with E-state index < -0.39 is 11.6 Å². The number of carbonyl (C=O) groups excluding carboxylic acids is 1. The van der Waals surface area contributed by atoms with Gasteiger partial charge in [0.2, 0.25) is 6.79 Å². The first-order valence-electron chi connectivity index (χ1n) is 7.96. The number of quaternary nitrogens is 1. The fourth-order valence-corrected chi connectivity index (χ4v) is 2.54. The van der Waals surface area contributed by atoms with Crippen LogP contribution < -0.4 is 20.1 Å². The summed E-state index contributed by atoms with van der Waals surface area (Å²) < 4.78 is 36.7. The summed E-state index contributed by atoms with van der Waals surface area (Å²) in [4.78, 5) is 12.0. The van der Waals surface area contributed by atoms with Gasteiger partial charge in [0.1, 0.15) is 6.04 Å². The van der Waals surface area contributed by atoms with Gasteiger partial charge in [-0.2, -0.15) is 0 Å². The molecule has 1 amide bonds. The summed E-state index contributed by atoms with van der Waals surface area (Å²) in [6.07, 6.45) is 0. The van der Waals surface area contributed by atoms with Gasteiger partial charge in [0.05, 0.1) is 0 Å². The maximum atomic E-state index is 13.3. The standard InChI is InChI=1S/C18H18F2N2O3/c1-11(13-3-4-14(19)15(20)7-13)21-9-18(23)22-8-12-2-5-16-17(6-12)25-10-24-16/h2-7,11,21H,8-10H2,1H3,(H,22,23)/p+1/t11-/m0/s1. The van der Waals surface area contributed by atoms with Gasteiger partial charge in [-0.05, 0) is 42.8 Å². The van der Waals surface area contributed by atoms with E-state index in [9.17, 15) is 13.6 Å². The molecule has 2 aromatic rings. The third-order valence-corrected chi connectivity index (χ3v) is 4.05. The molecule has 1 heterocycles. The van der Waals surface area contributed by atoms with Crippen LogP contribution in [0.4, 0.5) is 8.78 Å². The number of halogens is 2. The Morgan fingerprint density at radius 2 is 1.96 bits per heavy atom. The zero-order chi connectivity index (χ0) is 17.8. The number of hydrogen-bond donors (Lipinski definition) is 2. The lowest BCUT2D eigenvalue weighted by atomic mass is 10.1. The van der Waals surface area contributed by atoms with E-state index >= 15 is 0 Å². The van der Waals surface area contributed by atoms with Crippen LogP contribution in [0.15, 0.2) is 36.4 Å². The second-order valence-corrected chi connectivity index (χ2v) is 5.87. The lowest BCUT2D eigenvalue weighted by molar-refractivity contribution is -0.682. The van der Waals surface area contributed by atoms with Gasteiger partial charge in [0.25, 0.3) is 5.91 Å². The molecule has 1 aliphatic rings. The van der Waals surface area contributed by atoms with Gasteiger partial charge in [0, 0.05) is 12.1 Å². The first-order valence-corrected chi connectivity index (χ1v) is 7.96. The summed E-state index contributed by atoms with van der Waals surface area (Å²) in [5.74, 6) is -0.538. The van der Waals surface area contributed by atoms with Crippen LogP contribution in [-0.4, -0.2) is 19.2 Å². The van der Waals surface area contributed by atoms with E-state index in [1.54, 1.807) is 11.4 Å². The van der Waals surface area contributed by atoms with Gasteiger partial charge < -0.3 is 20.1 Å². The zero-order valence-corrected chi connectivity index (χ0v) is 13.7. The van der Waals surface area contributed by atoms with Crippen LogP contribution in [-0.2, 0) is 11.3 Å². The number of benzene rings is 2. The third-order valence-electron chi connectivity index (χ3n) is 4.05. The normalized spacial score (nSPS) is 13.6. The number of rotatable bonds is 6. The summed E-state index contributed by atoms with van der Waals surface area (Å²) in [7, 11) is 0. The highest BCUT2D eigenvalue weighted by molar-refractivity contribution is 5.76. The molecule has 1 atom stereocenters. The van der Waals surface area contributed by atoms with Gasteiger partial charge >= 0.3 is 0 Å². The van der Waals surface area contributed by atoms with Gasteiger partial charge in [-0.15, -0.1) is 0 Å². The van der Waals surface area contributed by atoms with Crippen molar-refractivity contribution < 1.29 is 28.4 Å². The van der Waals surface area contributed by atoms with Gasteiger partial charge in [0.15, 0.2) is 29.7 Å². The Balaban J connectivity index is 1.47. The molecule has 7 heteroatoms. The molecule has 3 N–H and O–H groups in total. The smallest absolute Gasteiger partial charge is 0.275 e. The van der Waals surface area contributed by atoms with Crippen molar-refractivity contribution in [3.05, 3.63) is 59.2 Å². The van der Waals surface area contributed by atoms with Crippen molar-refractivity contribution in [3.8, 4) is 11.5 Å². The van der Waals surface area contributed by atoms with Crippen LogP contribution in [0, 0.1) is 11.6 Å². The molecule has 0 saturated carbocycles. The molecule has 0 aliphatic carbocycles. The Kier molecular flexibility index (Phi) is 5.14. The fourth-order valence-electron chi connectivity index (χ4n) is 2.54. The van der Waals surface area contributed by atoms with Crippen molar-refractivity contribution in [1.29, 1.82) is 0 Å². The number of carbonyl (C=O) groups is 1. The predicted molar refractivity (Wildman–Crippen MR) is 86.0 cm³/mol. The van der Waals surface area contributed by atoms with E-state index in [0.717, 1.165) is 17.7 Å². The summed E-state index contributed by atoms with van der Waals surface area (Å²) in [6.45, 7) is 2.60. The van der Waals surface area contributed by atoms with E-state index in [1.165, 1.54) is 6.07 Å². The lowest BCUT2D eigenvalue weighted by Crippen LogP contribution is -2.87. The molecule has 2 aromatic carbocycles. The van der Waals surface area contributed by atoms with Crippen molar-refractivity contribution in [2.75, 3.05) is 13.3 Å². The van der Waals surface area contributed by atoms with Gasteiger partial charge in [-0.3, -0.25) is 4.79 Å². The van der Waals surface area contributed by atoms with Crippen molar-refractivity contribution in [2.45, 2.75) is 19.5 Å². The van der Waals surface area contributed by atoms with Gasteiger partial charge in [-0.25, -0.2) is 8.78 Å². The number of hydrogen-bond acceptors (Lipinski definition) is 3. The molecule has 0 bridgehead atoms. The molecule has 0 unspecified atom stereocenters. The Labute approximate surface area is 143 Å². The summed E-state index contributed by atoms with van der Waals surface area (Å²) in [6, 6.07) is 9.10. The predicted octanol–water partition coefficient (Wildman–Crippen LogP) is 1.63. The number of amides is 1. The van der Waals surface area contributed by atoms with E-state index in [-0.39, 0.29) is 25.3 Å². The molecule has 0 saturated heterocycles. The Morgan fingerprint density at radius 1 is 1.16 bits per heavy atom. The highest BCUT2D eigenvalue weighted by Gasteiger charge is 2.15. The minimum Gasteiger partial charge on any atom is -0.454 e. The fraction of sp³-hybridized carbons (Fsp3) is 0.278. The number of fused-ring (bicyclic) bond motifs is 1. The SMILES string of the molecule is C[C@H]([NH2+]CC(=O)NCc1ccc2c(c1)OCO2)c1ccc(F)c(F)c1. The topological polar surface area (TPSA) is 64.2 Å². The summed E-state index contributed by atoms with van der Waals surface area (Å²) >= 11 is 0. The Hall–Kier alpha value is -2.67. The van der Waals surface area contributed by atoms with Crippen LogP contribution in [0.3, 0.4) is 0 Å². The number of ether oxygens (including phenoxy) is 2. The maximum Gasteiger partial charge on any atom is 0.275 e. The molecule has 3 rings (SSSR count). The van der Waals surface area contributed by atoms with E-state index in [0.29, 0.717) is 23.6 Å². The monoisotopic (exact) mass is 349 g/mol. The van der Waals surface area contributed by atoms with E-state index in [2.05, 4.69) is 5.32 Å². The zero-order valence-electron chi connectivity index (χ0n) is 13.7. The van der Waals surface area contributed by atoms with Crippen LogP contribution in [0.2, 0.25) is 0 Å². The lowest BCUT2D eigenvalue weighted by Gasteiger charge is -2.11. The van der Waals surface area contributed by atoms with Gasteiger partial charge in [-0.1, -0.05) is 6.07 Å². The second kappa shape index (κ2) is 7.48. The van der Waals surface area contributed by atoms with Crippen LogP contribution in [0.1, 0.15) is 24.1 Å². The highest BCUT2D eigenvalue weighted by Crippen LogP contribution is 2.32. The molecule has 25 heavy (non-hydrogen) atoms. The van der Waals surface area contributed by atoms with Crippen LogP contribution in [0.25, 0.3) is 0 Å². The molecule has 132 valence electrons.